The molecule has 1 saturated carbocycles. The number of anilines is 1. The van der Waals surface area contributed by atoms with Gasteiger partial charge in [0.05, 0.1) is 11.6 Å². The van der Waals surface area contributed by atoms with E-state index >= 15 is 0 Å². The normalized spacial score (nSPS) is 21.8. The van der Waals surface area contributed by atoms with Gasteiger partial charge in [-0.05, 0) is 56.7 Å². The van der Waals surface area contributed by atoms with E-state index in [1.807, 2.05) is 48.5 Å². The van der Waals surface area contributed by atoms with Crippen LogP contribution in [0.2, 0.25) is 0 Å². The zero-order chi connectivity index (χ0) is 26.4. The topological polar surface area (TPSA) is 123 Å². The lowest BCUT2D eigenvalue weighted by Crippen LogP contribution is -2.55. The summed E-state index contributed by atoms with van der Waals surface area (Å²) in [7, 11) is 0. The van der Waals surface area contributed by atoms with Gasteiger partial charge in [0.25, 0.3) is 0 Å². The molecule has 0 saturated heterocycles. The van der Waals surface area contributed by atoms with Crippen LogP contribution in [0.3, 0.4) is 0 Å². The van der Waals surface area contributed by atoms with Crippen molar-refractivity contribution < 1.29 is 19.1 Å². The van der Waals surface area contributed by atoms with E-state index in [0.717, 1.165) is 36.1 Å². The summed E-state index contributed by atoms with van der Waals surface area (Å²) in [6.45, 7) is 4.19. The van der Waals surface area contributed by atoms with Crippen LogP contribution in [0.1, 0.15) is 63.0 Å². The SMILES string of the molecule is CC(C)(N)C(=O)N[C@H](CC1CNc2ccccc21)C(=O)C1CCCC(NC(=O)OCc2ccccc2)C1. The predicted octanol–water partition coefficient (Wildman–Crippen LogP) is 3.86. The second-order valence-corrected chi connectivity index (χ2v) is 10.8. The lowest BCUT2D eigenvalue weighted by Gasteiger charge is -2.32. The van der Waals surface area contributed by atoms with Gasteiger partial charge >= 0.3 is 6.09 Å². The number of Topliss-reactive ketones (excluding diaryl/α,β-unsaturated/α-hetero) is 1. The number of benzene rings is 2. The summed E-state index contributed by atoms with van der Waals surface area (Å²) in [5, 5.41) is 9.29. The van der Waals surface area contributed by atoms with Crippen LogP contribution in [-0.2, 0) is 20.9 Å². The van der Waals surface area contributed by atoms with Gasteiger partial charge in [-0.3, -0.25) is 9.59 Å². The number of nitrogens with two attached hydrogens (primary N) is 1. The Kier molecular flexibility index (Phi) is 8.48. The predicted molar refractivity (Wildman–Crippen MR) is 143 cm³/mol. The molecule has 2 amide bonds. The average molecular weight is 507 g/mol. The molecule has 2 aromatic rings. The van der Waals surface area contributed by atoms with Crippen LogP contribution < -0.4 is 21.7 Å². The highest BCUT2D eigenvalue weighted by Gasteiger charge is 2.37. The fourth-order valence-electron chi connectivity index (χ4n) is 5.24. The van der Waals surface area contributed by atoms with E-state index in [-0.39, 0.29) is 36.2 Å². The van der Waals surface area contributed by atoms with Gasteiger partial charge in [-0.2, -0.15) is 0 Å². The molecule has 2 aromatic carbocycles. The molecule has 5 N–H and O–H groups in total. The van der Waals surface area contributed by atoms with Crippen molar-refractivity contribution in [3.8, 4) is 0 Å². The number of alkyl carbamates (subject to hydrolysis) is 1. The monoisotopic (exact) mass is 506 g/mol. The molecule has 0 radical (unpaired) electrons. The zero-order valence-electron chi connectivity index (χ0n) is 21.7. The van der Waals surface area contributed by atoms with Gasteiger partial charge in [-0.1, -0.05) is 55.0 Å². The average Bonchev–Trinajstić information content (AvgIpc) is 3.29. The summed E-state index contributed by atoms with van der Waals surface area (Å²) in [5.41, 5.74) is 8.09. The van der Waals surface area contributed by atoms with Crippen molar-refractivity contribution in [2.24, 2.45) is 11.7 Å². The Balaban J connectivity index is 1.39. The first-order valence-electron chi connectivity index (χ1n) is 13.1. The molecule has 2 aliphatic rings. The number of ether oxygens (including phenoxy) is 1. The third-order valence-electron chi connectivity index (χ3n) is 7.31. The maximum Gasteiger partial charge on any atom is 0.407 e. The Morgan fingerprint density at radius 2 is 1.81 bits per heavy atom. The first-order valence-corrected chi connectivity index (χ1v) is 13.1. The van der Waals surface area contributed by atoms with Crippen LogP contribution in [0.5, 0.6) is 0 Å². The smallest absolute Gasteiger partial charge is 0.407 e. The number of hydrogen-bond donors (Lipinski definition) is 4. The zero-order valence-corrected chi connectivity index (χ0v) is 21.7. The summed E-state index contributed by atoms with van der Waals surface area (Å²) in [6.07, 6.45) is 2.88. The minimum Gasteiger partial charge on any atom is -0.445 e. The van der Waals surface area contributed by atoms with Gasteiger partial charge in [0.15, 0.2) is 5.78 Å². The molecule has 4 atom stereocenters. The molecular formula is C29H38N4O4. The van der Waals surface area contributed by atoms with Crippen molar-refractivity contribution in [3.63, 3.8) is 0 Å². The molecule has 0 bridgehead atoms. The van der Waals surface area contributed by atoms with Crippen molar-refractivity contribution in [1.29, 1.82) is 0 Å². The standard InChI is InChI=1S/C29H38N4O4/c1-29(2,30)27(35)33-25(16-21-17-31-24-14-7-6-13-23(21)24)26(34)20-11-8-12-22(15-20)32-28(36)37-18-19-9-4-3-5-10-19/h3-7,9-10,13-14,20-22,25,31H,8,11-12,15-18,30H2,1-2H3,(H,32,36)(H,33,35)/t20?,21?,22?,25-/m1/s1. The summed E-state index contributed by atoms with van der Waals surface area (Å²) >= 11 is 0. The summed E-state index contributed by atoms with van der Waals surface area (Å²) in [4.78, 5) is 39.0. The molecule has 1 heterocycles. The summed E-state index contributed by atoms with van der Waals surface area (Å²) in [6, 6.07) is 16.8. The van der Waals surface area contributed by atoms with E-state index in [9.17, 15) is 14.4 Å². The van der Waals surface area contributed by atoms with Crippen molar-refractivity contribution in [3.05, 3.63) is 65.7 Å². The minimum atomic E-state index is -1.09. The third kappa shape index (κ3) is 7.10. The van der Waals surface area contributed by atoms with E-state index in [1.54, 1.807) is 13.8 Å². The summed E-state index contributed by atoms with van der Waals surface area (Å²) in [5.74, 6) is -0.494. The molecule has 1 fully saturated rings. The number of para-hydroxylation sites is 1. The number of rotatable bonds is 9. The lowest BCUT2D eigenvalue weighted by molar-refractivity contribution is -0.133. The number of ketones is 1. The van der Waals surface area contributed by atoms with Gasteiger partial charge in [-0.15, -0.1) is 0 Å². The van der Waals surface area contributed by atoms with Crippen LogP contribution in [-0.4, -0.2) is 42.0 Å². The molecule has 37 heavy (non-hydrogen) atoms. The molecule has 8 nitrogen and oxygen atoms in total. The lowest BCUT2D eigenvalue weighted by atomic mass is 9.79. The Morgan fingerprint density at radius 3 is 2.57 bits per heavy atom. The molecular weight excluding hydrogens is 468 g/mol. The quantitative estimate of drug-likeness (QED) is 0.410. The number of carbonyl (C=O) groups excluding carboxylic acids is 3. The highest BCUT2D eigenvalue weighted by atomic mass is 16.5. The molecule has 1 aliphatic carbocycles. The number of fused-ring (bicyclic) bond motifs is 1. The highest BCUT2D eigenvalue weighted by molar-refractivity contribution is 5.93. The van der Waals surface area contributed by atoms with Crippen LogP contribution in [0.4, 0.5) is 10.5 Å². The van der Waals surface area contributed by atoms with E-state index in [1.165, 1.54) is 0 Å². The molecule has 1 aliphatic heterocycles. The van der Waals surface area contributed by atoms with E-state index in [4.69, 9.17) is 10.5 Å². The number of nitrogens with one attached hydrogen (secondary N) is 3. The van der Waals surface area contributed by atoms with Crippen molar-refractivity contribution >= 4 is 23.5 Å². The van der Waals surface area contributed by atoms with Crippen LogP contribution in [0.25, 0.3) is 0 Å². The van der Waals surface area contributed by atoms with Gasteiger partial charge in [0.2, 0.25) is 5.91 Å². The molecule has 4 rings (SSSR count). The second-order valence-electron chi connectivity index (χ2n) is 10.8. The Hall–Kier alpha value is -3.39. The van der Waals surface area contributed by atoms with Crippen LogP contribution in [0.15, 0.2) is 54.6 Å². The largest absolute Gasteiger partial charge is 0.445 e. The summed E-state index contributed by atoms with van der Waals surface area (Å²) < 4.78 is 5.37. The maximum absolute atomic E-state index is 13.8. The number of carbonyl (C=O) groups is 3. The second kappa shape index (κ2) is 11.8. The van der Waals surface area contributed by atoms with Crippen molar-refractivity contribution in [2.75, 3.05) is 11.9 Å². The van der Waals surface area contributed by atoms with Crippen LogP contribution in [0, 0.1) is 5.92 Å². The van der Waals surface area contributed by atoms with Gasteiger partial charge in [-0.25, -0.2) is 4.79 Å². The van der Waals surface area contributed by atoms with Crippen LogP contribution >= 0.6 is 0 Å². The number of amides is 2. The van der Waals surface area contributed by atoms with Gasteiger partial charge < -0.3 is 26.4 Å². The Bertz CT molecular complexity index is 1100. The third-order valence-corrected chi connectivity index (χ3v) is 7.31. The molecule has 0 aromatic heterocycles. The Labute approximate surface area is 218 Å². The highest BCUT2D eigenvalue weighted by Crippen LogP contribution is 2.35. The van der Waals surface area contributed by atoms with E-state index in [2.05, 4.69) is 22.0 Å². The van der Waals surface area contributed by atoms with E-state index in [0.29, 0.717) is 19.4 Å². The first-order chi connectivity index (χ1) is 17.7. The minimum absolute atomic E-state index is 0.00568. The first kappa shape index (κ1) is 26.7. The maximum atomic E-state index is 13.8. The fourth-order valence-corrected chi connectivity index (χ4v) is 5.24. The Morgan fingerprint density at radius 1 is 1.08 bits per heavy atom. The molecule has 8 heteroatoms. The molecule has 0 spiro atoms. The van der Waals surface area contributed by atoms with Crippen molar-refractivity contribution in [2.45, 2.75) is 76.1 Å². The van der Waals surface area contributed by atoms with E-state index < -0.39 is 17.7 Å². The molecule has 198 valence electrons. The number of hydrogen-bond acceptors (Lipinski definition) is 6. The fraction of sp³-hybridized carbons (Fsp3) is 0.483. The van der Waals surface area contributed by atoms with Gasteiger partial charge in [0, 0.05) is 30.1 Å². The van der Waals surface area contributed by atoms with Crippen molar-refractivity contribution in [1.82, 2.24) is 10.6 Å². The van der Waals surface area contributed by atoms with Gasteiger partial charge in [0.1, 0.15) is 6.61 Å². The molecule has 3 unspecified atom stereocenters.